The lowest BCUT2D eigenvalue weighted by molar-refractivity contribution is -0.124. The van der Waals surface area contributed by atoms with E-state index in [1.165, 1.54) is 0 Å². The number of carbonyl (C=O) groups is 2. The number of amides is 1. The van der Waals surface area contributed by atoms with Gasteiger partial charge in [-0.3, -0.25) is 4.79 Å². The largest absolute Gasteiger partial charge is 0.478 e. The van der Waals surface area contributed by atoms with Gasteiger partial charge in [0.15, 0.2) is 0 Å². The van der Waals surface area contributed by atoms with Crippen LogP contribution >= 0.6 is 0 Å². The highest BCUT2D eigenvalue weighted by atomic mass is 16.5. The summed E-state index contributed by atoms with van der Waals surface area (Å²) in [6.45, 7) is 4.19. The summed E-state index contributed by atoms with van der Waals surface area (Å²) < 4.78 is 5.29. The molecular formula is C14H17NO4. The van der Waals surface area contributed by atoms with Gasteiger partial charge in [-0.15, -0.1) is 0 Å². The Morgan fingerprint density at radius 3 is 2.68 bits per heavy atom. The molecule has 1 fully saturated rings. The molecule has 1 aliphatic heterocycles. The topological polar surface area (TPSA) is 75.6 Å². The molecule has 2 N–H and O–H groups in total. The van der Waals surface area contributed by atoms with E-state index < -0.39 is 12.1 Å². The fourth-order valence-corrected chi connectivity index (χ4v) is 2.29. The Morgan fingerprint density at radius 2 is 2.11 bits per heavy atom. The third-order valence-electron chi connectivity index (χ3n) is 3.18. The van der Waals surface area contributed by atoms with Crippen LogP contribution in [0.25, 0.3) is 0 Å². The molecule has 5 heteroatoms. The molecule has 0 aliphatic carbocycles. The molecule has 0 spiro atoms. The maximum absolute atomic E-state index is 12.0. The minimum absolute atomic E-state index is 0.115. The lowest BCUT2D eigenvalue weighted by Crippen LogP contribution is -2.28. The van der Waals surface area contributed by atoms with Crippen LogP contribution in [0.2, 0.25) is 0 Å². The molecule has 5 nitrogen and oxygen atoms in total. The molecule has 0 radical (unpaired) electrons. The number of carboxylic acid groups (broad SMARTS) is 1. The van der Waals surface area contributed by atoms with Crippen LogP contribution in [0, 0.1) is 13.8 Å². The molecule has 1 aromatic rings. The summed E-state index contributed by atoms with van der Waals surface area (Å²) in [7, 11) is 0. The zero-order valence-corrected chi connectivity index (χ0v) is 11.0. The van der Waals surface area contributed by atoms with Gasteiger partial charge in [0.2, 0.25) is 0 Å². The Bertz CT molecular complexity index is 518. The molecule has 102 valence electrons. The predicted octanol–water partition coefficient (Wildman–Crippen LogP) is 2.12. The average Bonchev–Trinajstić information content (AvgIpc) is 2.85. The van der Waals surface area contributed by atoms with Crippen molar-refractivity contribution in [2.45, 2.75) is 32.8 Å². The van der Waals surface area contributed by atoms with E-state index in [1.807, 2.05) is 13.0 Å². The summed E-state index contributed by atoms with van der Waals surface area (Å²) >= 11 is 0. The smallest absolute Gasteiger partial charge is 0.337 e. The molecule has 1 amide bonds. The highest BCUT2D eigenvalue weighted by molar-refractivity contribution is 6.03. The second kappa shape index (κ2) is 5.40. The first-order chi connectivity index (χ1) is 8.99. The molecule has 2 rings (SSSR count). The second-order valence-electron chi connectivity index (χ2n) is 4.80. The summed E-state index contributed by atoms with van der Waals surface area (Å²) in [4.78, 5) is 23.2. The van der Waals surface area contributed by atoms with Crippen molar-refractivity contribution in [1.82, 2.24) is 0 Å². The normalized spacial score (nSPS) is 18.3. The zero-order chi connectivity index (χ0) is 14.0. The molecule has 1 heterocycles. The number of nitrogens with one attached hydrogen (secondary N) is 1. The van der Waals surface area contributed by atoms with E-state index in [-0.39, 0.29) is 11.5 Å². The van der Waals surface area contributed by atoms with Crippen LogP contribution in [0.3, 0.4) is 0 Å². The van der Waals surface area contributed by atoms with Gasteiger partial charge >= 0.3 is 5.97 Å². The zero-order valence-electron chi connectivity index (χ0n) is 11.0. The van der Waals surface area contributed by atoms with Crippen molar-refractivity contribution in [3.05, 3.63) is 28.8 Å². The minimum Gasteiger partial charge on any atom is -0.478 e. The summed E-state index contributed by atoms with van der Waals surface area (Å²) in [5.41, 5.74) is 2.07. The molecule has 0 aromatic heterocycles. The lowest BCUT2D eigenvalue weighted by atomic mass is 10.0. The standard InChI is InChI=1S/C14H17NO4/c1-8-6-9(2)12(10(7-8)14(17)18)15-13(16)11-4-3-5-19-11/h6-7,11H,3-5H2,1-2H3,(H,15,16)(H,17,18). The number of aryl methyl sites for hydroxylation is 2. The van der Waals surface area contributed by atoms with Gasteiger partial charge in [0, 0.05) is 6.61 Å². The van der Waals surface area contributed by atoms with Crippen molar-refractivity contribution >= 4 is 17.6 Å². The van der Waals surface area contributed by atoms with E-state index in [2.05, 4.69) is 5.32 Å². The van der Waals surface area contributed by atoms with E-state index in [1.54, 1.807) is 13.0 Å². The van der Waals surface area contributed by atoms with Crippen LogP contribution in [0.1, 0.15) is 34.3 Å². The van der Waals surface area contributed by atoms with Crippen LogP contribution in [-0.4, -0.2) is 29.7 Å². The van der Waals surface area contributed by atoms with Crippen molar-refractivity contribution in [3.63, 3.8) is 0 Å². The number of benzene rings is 1. The van der Waals surface area contributed by atoms with Crippen LogP contribution in [0.15, 0.2) is 12.1 Å². The predicted molar refractivity (Wildman–Crippen MR) is 70.5 cm³/mol. The molecule has 1 aromatic carbocycles. The Balaban J connectivity index is 2.28. The quantitative estimate of drug-likeness (QED) is 0.875. The molecule has 0 saturated carbocycles. The Kier molecular flexibility index (Phi) is 3.85. The highest BCUT2D eigenvalue weighted by Crippen LogP contribution is 2.24. The third kappa shape index (κ3) is 2.93. The van der Waals surface area contributed by atoms with Crippen molar-refractivity contribution in [1.29, 1.82) is 0 Å². The van der Waals surface area contributed by atoms with Gasteiger partial charge in [-0.25, -0.2) is 4.79 Å². The number of carbonyl (C=O) groups excluding carboxylic acids is 1. The Morgan fingerprint density at radius 1 is 1.37 bits per heavy atom. The number of anilines is 1. The maximum Gasteiger partial charge on any atom is 0.337 e. The number of rotatable bonds is 3. The Labute approximate surface area is 111 Å². The maximum atomic E-state index is 12.0. The van der Waals surface area contributed by atoms with Gasteiger partial charge in [0.25, 0.3) is 5.91 Å². The Hall–Kier alpha value is -1.88. The average molecular weight is 263 g/mol. The molecule has 19 heavy (non-hydrogen) atoms. The number of ether oxygens (including phenoxy) is 1. The first kappa shape index (κ1) is 13.5. The number of aromatic carboxylic acids is 1. The van der Waals surface area contributed by atoms with Crippen molar-refractivity contribution in [3.8, 4) is 0 Å². The van der Waals surface area contributed by atoms with Crippen molar-refractivity contribution in [2.75, 3.05) is 11.9 Å². The summed E-state index contributed by atoms with van der Waals surface area (Å²) in [5, 5.41) is 11.9. The monoisotopic (exact) mass is 263 g/mol. The van der Waals surface area contributed by atoms with Crippen LogP contribution < -0.4 is 5.32 Å². The second-order valence-corrected chi connectivity index (χ2v) is 4.80. The van der Waals surface area contributed by atoms with Gasteiger partial charge in [-0.2, -0.15) is 0 Å². The van der Waals surface area contributed by atoms with Crippen LogP contribution in [0.5, 0.6) is 0 Å². The SMILES string of the molecule is Cc1cc(C)c(NC(=O)C2CCCO2)c(C(=O)O)c1. The van der Waals surface area contributed by atoms with Crippen molar-refractivity contribution < 1.29 is 19.4 Å². The fourth-order valence-electron chi connectivity index (χ4n) is 2.29. The van der Waals surface area contributed by atoms with Crippen LogP contribution in [-0.2, 0) is 9.53 Å². The molecular weight excluding hydrogens is 246 g/mol. The number of hydrogen-bond donors (Lipinski definition) is 2. The van der Waals surface area contributed by atoms with Gasteiger partial charge in [0.1, 0.15) is 6.10 Å². The van der Waals surface area contributed by atoms with E-state index in [0.717, 1.165) is 17.5 Å². The van der Waals surface area contributed by atoms with Crippen molar-refractivity contribution in [2.24, 2.45) is 0 Å². The molecule has 1 atom stereocenters. The summed E-state index contributed by atoms with van der Waals surface area (Å²) in [5.74, 6) is -1.32. The molecule has 0 bridgehead atoms. The first-order valence-corrected chi connectivity index (χ1v) is 6.26. The molecule has 1 aliphatic rings. The van der Waals surface area contributed by atoms with E-state index >= 15 is 0 Å². The molecule has 1 unspecified atom stereocenters. The number of hydrogen-bond acceptors (Lipinski definition) is 3. The minimum atomic E-state index is -1.05. The number of carboxylic acids is 1. The summed E-state index contributed by atoms with van der Waals surface area (Å²) in [6, 6.07) is 3.40. The van der Waals surface area contributed by atoms with Crippen LogP contribution in [0.4, 0.5) is 5.69 Å². The van der Waals surface area contributed by atoms with E-state index in [9.17, 15) is 14.7 Å². The van der Waals surface area contributed by atoms with Gasteiger partial charge in [-0.05, 0) is 43.9 Å². The molecule has 1 saturated heterocycles. The van der Waals surface area contributed by atoms with Gasteiger partial charge < -0.3 is 15.2 Å². The van der Waals surface area contributed by atoms with Gasteiger partial charge in [0.05, 0.1) is 11.3 Å². The van der Waals surface area contributed by atoms with E-state index in [4.69, 9.17) is 4.74 Å². The lowest BCUT2D eigenvalue weighted by Gasteiger charge is -2.15. The first-order valence-electron chi connectivity index (χ1n) is 6.26. The third-order valence-corrected chi connectivity index (χ3v) is 3.18. The highest BCUT2D eigenvalue weighted by Gasteiger charge is 2.25. The fraction of sp³-hybridized carbons (Fsp3) is 0.429. The summed E-state index contributed by atoms with van der Waals surface area (Å²) in [6.07, 6.45) is 1.07. The van der Waals surface area contributed by atoms with Gasteiger partial charge in [-0.1, -0.05) is 6.07 Å². The van der Waals surface area contributed by atoms with E-state index in [0.29, 0.717) is 18.7 Å².